The summed E-state index contributed by atoms with van der Waals surface area (Å²) in [5.74, 6) is 3.68. The molecule has 104 valence electrons. The molecule has 20 heavy (non-hydrogen) atoms. The van der Waals surface area contributed by atoms with Crippen LogP contribution >= 0.6 is 0 Å². The first-order valence-corrected chi connectivity index (χ1v) is 7.77. The summed E-state index contributed by atoms with van der Waals surface area (Å²) in [5.41, 5.74) is 2.44. The van der Waals surface area contributed by atoms with Gasteiger partial charge in [0.2, 0.25) is 0 Å². The molecule has 0 N–H and O–H groups in total. The molecule has 0 heteroatoms. The zero-order valence-electron chi connectivity index (χ0n) is 12.7. The van der Waals surface area contributed by atoms with E-state index in [2.05, 4.69) is 56.2 Å². The molecule has 0 nitrogen and oxygen atoms in total. The molecule has 0 radical (unpaired) electrons. The van der Waals surface area contributed by atoms with Crippen molar-refractivity contribution in [3.63, 3.8) is 0 Å². The average molecular weight is 264 g/mol. The van der Waals surface area contributed by atoms with E-state index < -0.39 is 0 Å². The van der Waals surface area contributed by atoms with Crippen molar-refractivity contribution >= 4 is 10.8 Å². The van der Waals surface area contributed by atoms with Gasteiger partial charge in [-0.2, -0.15) is 0 Å². The van der Waals surface area contributed by atoms with Crippen LogP contribution in [0.2, 0.25) is 0 Å². The second-order valence-corrected chi connectivity index (χ2v) is 5.59. The Morgan fingerprint density at radius 3 is 2.60 bits per heavy atom. The summed E-state index contributed by atoms with van der Waals surface area (Å²) in [6.07, 6.45) is 12.0. The lowest BCUT2D eigenvalue weighted by Crippen LogP contribution is -2.05. The highest BCUT2D eigenvalue weighted by atomic mass is 14.2. The first kappa shape index (κ1) is 14.7. The van der Waals surface area contributed by atoms with E-state index in [4.69, 9.17) is 6.42 Å². The number of rotatable bonds is 6. The highest BCUT2D eigenvalue weighted by Crippen LogP contribution is 2.26. The zero-order chi connectivity index (χ0) is 14.4. The van der Waals surface area contributed by atoms with Crippen molar-refractivity contribution < 1.29 is 0 Å². The molecule has 0 aromatic heterocycles. The Kier molecular flexibility index (Phi) is 5.24. The van der Waals surface area contributed by atoms with Crippen LogP contribution in [0.25, 0.3) is 10.8 Å². The van der Waals surface area contributed by atoms with Crippen molar-refractivity contribution in [1.82, 2.24) is 0 Å². The maximum Gasteiger partial charge on any atom is 0.0353 e. The van der Waals surface area contributed by atoms with E-state index in [1.807, 2.05) is 0 Å². The van der Waals surface area contributed by atoms with E-state index >= 15 is 0 Å². The van der Waals surface area contributed by atoms with Crippen LogP contribution in [-0.2, 0) is 6.42 Å². The van der Waals surface area contributed by atoms with Gasteiger partial charge in [0.05, 0.1) is 0 Å². The first-order chi connectivity index (χ1) is 9.80. The molecule has 0 spiro atoms. The fourth-order valence-electron chi connectivity index (χ4n) is 2.91. The zero-order valence-corrected chi connectivity index (χ0v) is 12.7. The van der Waals surface area contributed by atoms with Crippen molar-refractivity contribution in [3.05, 3.63) is 47.5 Å². The molecule has 2 aromatic rings. The number of unbranched alkanes of at least 4 members (excludes halogenated alkanes) is 1. The predicted molar refractivity (Wildman–Crippen MR) is 88.9 cm³/mol. The second-order valence-electron chi connectivity index (χ2n) is 5.59. The minimum absolute atomic E-state index is 0.753. The quantitative estimate of drug-likeness (QED) is 0.597. The van der Waals surface area contributed by atoms with Crippen LogP contribution in [0, 0.1) is 18.3 Å². The van der Waals surface area contributed by atoms with E-state index in [1.54, 1.807) is 0 Å². The van der Waals surface area contributed by atoms with Gasteiger partial charge < -0.3 is 0 Å². The fourth-order valence-corrected chi connectivity index (χ4v) is 2.91. The number of hydrogen-bond acceptors (Lipinski definition) is 0. The topological polar surface area (TPSA) is 0 Å². The van der Waals surface area contributed by atoms with Crippen molar-refractivity contribution in [1.29, 1.82) is 0 Å². The third-order valence-electron chi connectivity index (χ3n) is 4.21. The Morgan fingerprint density at radius 1 is 1.10 bits per heavy atom. The largest absolute Gasteiger partial charge is 0.115 e. The van der Waals surface area contributed by atoms with Gasteiger partial charge in [0, 0.05) is 5.56 Å². The number of benzene rings is 2. The lowest BCUT2D eigenvalue weighted by atomic mass is 9.88. The third kappa shape index (κ3) is 3.23. The van der Waals surface area contributed by atoms with Crippen LogP contribution in [0.3, 0.4) is 0 Å². The lowest BCUT2D eigenvalue weighted by molar-refractivity contribution is 0.449. The number of terminal acetylenes is 1. The van der Waals surface area contributed by atoms with Gasteiger partial charge >= 0.3 is 0 Å². The molecular formula is C20H24. The predicted octanol–water partition coefficient (Wildman–Crippen LogP) is 5.58. The molecule has 0 heterocycles. The Balaban J connectivity index is 2.32. The van der Waals surface area contributed by atoms with Gasteiger partial charge in [-0.15, -0.1) is 6.42 Å². The maximum absolute atomic E-state index is 5.78. The summed E-state index contributed by atoms with van der Waals surface area (Å²) >= 11 is 0. The van der Waals surface area contributed by atoms with E-state index in [9.17, 15) is 0 Å². The van der Waals surface area contributed by atoms with Crippen LogP contribution < -0.4 is 0 Å². The molecule has 0 aliphatic carbocycles. The van der Waals surface area contributed by atoms with Gasteiger partial charge in [-0.3, -0.25) is 0 Å². The Hall–Kier alpha value is -1.74. The molecule has 0 aliphatic rings. The summed E-state index contributed by atoms with van der Waals surface area (Å²) < 4.78 is 0. The Labute approximate surface area is 123 Å². The van der Waals surface area contributed by atoms with Gasteiger partial charge in [0.25, 0.3) is 0 Å². The van der Waals surface area contributed by atoms with Crippen LogP contribution in [0.1, 0.15) is 50.7 Å². The Morgan fingerprint density at radius 2 is 1.90 bits per heavy atom. The van der Waals surface area contributed by atoms with Crippen molar-refractivity contribution in [3.8, 4) is 12.3 Å². The lowest BCUT2D eigenvalue weighted by Gasteiger charge is -2.16. The average Bonchev–Trinajstić information content (AvgIpc) is 2.50. The normalized spacial score (nSPS) is 12.2. The molecule has 1 atom stereocenters. The molecule has 0 bridgehead atoms. The third-order valence-corrected chi connectivity index (χ3v) is 4.21. The van der Waals surface area contributed by atoms with E-state index in [0.717, 1.165) is 17.9 Å². The van der Waals surface area contributed by atoms with Crippen LogP contribution in [0.15, 0.2) is 36.4 Å². The van der Waals surface area contributed by atoms with Crippen molar-refractivity contribution in [2.75, 3.05) is 0 Å². The highest BCUT2D eigenvalue weighted by Gasteiger charge is 2.11. The molecule has 0 fully saturated rings. The molecule has 0 amide bonds. The van der Waals surface area contributed by atoms with Gasteiger partial charge in [-0.05, 0) is 28.7 Å². The monoisotopic (exact) mass is 264 g/mol. The summed E-state index contributed by atoms with van der Waals surface area (Å²) in [7, 11) is 0. The number of fused-ring (bicyclic) bond motifs is 1. The number of hydrogen-bond donors (Lipinski definition) is 0. The highest BCUT2D eigenvalue weighted by molar-refractivity contribution is 5.89. The standard InChI is InChI=1S/C20H24/c1-4-7-10-16(5-2)15-18-14-13-17-11-8-9-12-20(17)19(18)6-3/h3,8-9,11-14,16H,4-5,7,10,15H2,1-2H3. The minimum atomic E-state index is 0.753. The first-order valence-electron chi connectivity index (χ1n) is 7.77. The molecule has 2 aromatic carbocycles. The molecule has 0 saturated heterocycles. The van der Waals surface area contributed by atoms with Crippen LogP contribution in [-0.4, -0.2) is 0 Å². The second kappa shape index (κ2) is 7.15. The summed E-state index contributed by atoms with van der Waals surface area (Å²) in [6.45, 7) is 4.55. The van der Waals surface area contributed by atoms with Gasteiger partial charge in [0.15, 0.2) is 0 Å². The van der Waals surface area contributed by atoms with Gasteiger partial charge in [-0.1, -0.05) is 81.8 Å². The molecular weight excluding hydrogens is 240 g/mol. The summed E-state index contributed by atoms with van der Waals surface area (Å²) in [5, 5.41) is 2.46. The van der Waals surface area contributed by atoms with Crippen molar-refractivity contribution in [2.24, 2.45) is 5.92 Å². The fraction of sp³-hybridized carbons (Fsp3) is 0.400. The summed E-state index contributed by atoms with van der Waals surface area (Å²) in [6, 6.07) is 12.8. The van der Waals surface area contributed by atoms with Gasteiger partial charge in [-0.25, -0.2) is 0 Å². The van der Waals surface area contributed by atoms with Crippen molar-refractivity contribution in [2.45, 2.75) is 46.0 Å². The SMILES string of the molecule is C#Cc1c(CC(CC)CCCC)ccc2ccccc12. The van der Waals surface area contributed by atoms with E-state index in [0.29, 0.717) is 0 Å². The summed E-state index contributed by atoms with van der Waals surface area (Å²) in [4.78, 5) is 0. The Bertz CT molecular complexity index is 601. The van der Waals surface area contributed by atoms with E-state index in [1.165, 1.54) is 42.0 Å². The van der Waals surface area contributed by atoms with Gasteiger partial charge in [0.1, 0.15) is 0 Å². The molecule has 0 aliphatic heterocycles. The van der Waals surface area contributed by atoms with Crippen LogP contribution in [0.4, 0.5) is 0 Å². The maximum atomic E-state index is 5.78. The molecule has 2 rings (SSSR count). The smallest absolute Gasteiger partial charge is 0.0353 e. The minimum Gasteiger partial charge on any atom is -0.115 e. The van der Waals surface area contributed by atoms with E-state index in [-0.39, 0.29) is 0 Å². The van der Waals surface area contributed by atoms with Crippen LogP contribution in [0.5, 0.6) is 0 Å². The molecule has 1 unspecified atom stereocenters. The molecule has 0 saturated carbocycles.